The summed E-state index contributed by atoms with van der Waals surface area (Å²) in [6.07, 6.45) is 0.504. The number of methoxy groups -OCH3 is 1. The van der Waals surface area contributed by atoms with Crippen LogP contribution in [0.3, 0.4) is 0 Å². The van der Waals surface area contributed by atoms with Crippen molar-refractivity contribution < 1.29 is 19.1 Å². The van der Waals surface area contributed by atoms with E-state index in [0.29, 0.717) is 24.3 Å². The van der Waals surface area contributed by atoms with Gasteiger partial charge in [-0.3, -0.25) is 9.59 Å². The first-order valence-electron chi connectivity index (χ1n) is 10.3. The third-order valence-electron chi connectivity index (χ3n) is 4.63. The van der Waals surface area contributed by atoms with Crippen LogP contribution in [0.1, 0.15) is 31.4 Å². The number of thioether (sulfide) groups is 1. The SMILES string of the molecule is COC(=O)C(CSCc1ccccc1)NC(=O)c1csc(CCNC(=O)c2ccccc2)n1. The van der Waals surface area contributed by atoms with Crippen molar-refractivity contribution in [2.24, 2.45) is 0 Å². The van der Waals surface area contributed by atoms with Gasteiger partial charge in [0, 0.05) is 35.4 Å². The smallest absolute Gasteiger partial charge is 0.329 e. The number of nitrogens with zero attached hydrogens (tertiary/aromatic N) is 1. The highest BCUT2D eigenvalue weighted by atomic mass is 32.2. The minimum Gasteiger partial charge on any atom is -0.467 e. The van der Waals surface area contributed by atoms with Gasteiger partial charge in [0.15, 0.2) is 0 Å². The van der Waals surface area contributed by atoms with Crippen LogP contribution < -0.4 is 10.6 Å². The molecule has 172 valence electrons. The van der Waals surface area contributed by atoms with Gasteiger partial charge in [0.1, 0.15) is 11.7 Å². The normalized spacial score (nSPS) is 11.4. The maximum atomic E-state index is 12.6. The second-order valence-electron chi connectivity index (χ2n) is 7.05. The highest BCUT2D eigenvalue weighted by Gasteiger charge is 2.23. The van der Waals surface area contributed by atoms with Crippen LogP contribution in [0, 0.1) is 0 Å². The Balaban J connectivity index is 1.48. The van der Waals surface area contributed by atoms with E-state index in [0.717, 1.165) is 16.3 Å². The van der Waals surface area contributed by atoms with Crippen LogP contribution in [0.2, 0.25) is 0 Å². The van der Waals surface area contributed by atoms with Gasteiger partial charge in [-0.15, -0.1) is 11.3 Å². The number of benzene rings is 2. The van der Waals surface area contributed by atoms with Gasteiger partial charge in [0.05, 0.1) is 12.1 Å². The molecule has 1 atom stereocenters. The fraction of sp³-hybridized carbons (Fsp3) is 0.250. The van der Waals surface area contributed by atoms with E-state index in [9.17, 15) is 14.4 Å². The Hall–Kier alpha value is -3.17. The van der Waals surface area contributed by atoms with E-state index in [2.05, 4.69) is 15.6 Å². The Kier molecular flexibility index (Phi) is 9.46. The number of aromatic nitrogens is 1. The minimum absolute atomic E-state index is 0.154. The molecule has 9 heteroatoms. The Bertz CT molecular complexity index is 1060. The summed E-state index contributed by atoms with van der Waals surface area (Å²) in [6, 6.07) is 18.1. The third-order valence-corrected chi connectivity index (χ3v) is 6.65. The zero-order valence-electron chi connectivity index (χ0n) is 18.2. The van der Waals surface area contributed by atoms with Gasteiger partial charge in [0.25, 0.3) is 11.8 Å². The molecule has 7 nitrogen and oxygen atoms in total. The van der Waals surface area contributed by atoms with Crippen molar-refractivity contribution in [2.75, 3.05) is 19.4 Å². The van der Waals surface area contributed by atoms with Crippen LogP contribution in [0.25, 0.3) is 0 Å². The first kappa shape index (κ1) is 24.5. The lowest BCUT2D eigenvalue weighted by Gasteiger charge is -2.15. The van der Waals surface area contributed by atoms with E-state index in [1.807, 2.05) is 48.5 Å². The van der Waals surface area contributed by atoms with Gasteiger partial charge >= 0.3 is 5.97 Å². The molecule has 1 aromatic heterocycles. The summed E-state index contributed by atoms with van der Waals surface area (Å²) in [6.45, 7) is 0.406. The molecular weight excluding hydrogens is 458 g/mol. The van der Waals surface area contributed by atoms with Crippen LogP contribution in [0.5, 0.6) is 0 Å². The number of nitrogens with one attached hydrogen (secondary N) is 2. The number of amides is 2. The fourth-order valence-corrected chi connectivity index (χ4v) is 4.70. The number of hydrogen-bond donors (Lipinski definition) is 2. The molecule has 0 aliphatic heterocycles. The summed E-state index contributed by atoms with van der Waals surface area (Å²) in [4.78, 5) is 41.2. The van der Waals surface area contributed by atoms with Gasteiger partial charge < -0.3 is 15.4 Å². The molecule has 0 fully saturated rings. The maximum absolute atomic E-state index is 12.6. The lowest BCUT2D eigenvalue weighted by molar-refractivity contribution is -0.142. The average molecular weight is 484 g/mol. The predicted octanol–water partition coefficient (Wildman–Crippen LogP) is 3.32. The van der Waals surface area contributed by atoms with Gasteiger partial charge in [-0.05, 0) is 17.7 Å². The predicted molar refractivity (Wildman–Crippen MR) is 130 cm³/mol. The number of esters is 1. The van der Waals surface area contributed by atoms with E-state index in [1.165, 1.54) is 30.2 Å². The summed E-state index contributed by atoms with van der Waals surface area (Å²) in [5.41, 5.74) is 1.97. The first-order chi connectivity index (χ1) is 16.1. The van der Waals surface area contributed by atoms with E-state index < -0.39 is 17.9 Å². The lowest BCUT2D eigenvalue weighted by atomic mass is 10.2. The minimum atomic E-state index is -0.772. The topological polar surface area (TPSA) is 97.4 Å². The third kappa shape index (κ3) is 7.73. The molecule has 0 radical (unpaired) electrons. The molecule has 2 aromatic carbocycles. The summed E-state index contributed by atoms with van der Waals surface area (Å²) in [5.74, 6) is 0.0267. The first-order valence-corrected chi connectivity index (χ1v) is 12.4. The average Bonchev–Trinajstić information content (AvgIpc) is 3.33. The molecule has 3 rings (SSSR count). The molecule has 33 heavy (non-hydrogen) atoms. The number of hydrogen-bond acceptors (Lipinski definition) is 7. The highest BCUT2D eigenvalue weighted by molar-refractivity contribution is 7.98. The van der Waals surface area contributed by atoms with Crippen LogP contribution in [0.4, 0.5) is 0 Å². The van der Waals surface area contributed by atoms with Crippen LogP contribution in [-0.2, 0) is 21.7 Å². The molecule has 1 unspecified atom stereocenters. The van der Waals surface area contributed by atoms with Gasteiger partial charge in [-0.25, -0.2) is 9.78 Å². The highest BCUT2D eigenvalue weighted by Crippen LogP contribution is 2.15. The van der Waals surface area contributed by atoms with Crippen molar-refractivity contribution in [1.29, 1.82) is 0 Å². The quantitative estimate of drug-likeness (QED) is 0.406. The van der Waals surface area contributed by atoms with Crippen molar-refractivity contribution >= 4 is 40.9 Å². The summed E-state index contributed by atoms with van der Waals surface area (Å²) < 4.78 is 4.84. The molecule has 0 saturated heterocycles. The number of carbonyl (C=O) groups is 3. The summed E-state index contributed by atoms with van der Waals surface area (Å²) >= 11 is 2.88. The molecule has 2 amide bonds. The Morgan fingerprint density at radius 2 is 1.73 bits per heavy atom. The molecule has 0 saturated carbocycles. The molecular formula is C24H25N3O4S2. The van der Waals surface area contributed by atoms with Crippen molar-refractivity contribution in [2.45, 2.75) is 18.2 Å². The monoisotopic (exact) mass is 483 g/mol. The molecule has 0 aliphatic rings. The van der Waals surface area contributed by atoms with Gasteiger partial charge in [-0.2, -0.15) is 11.8 Å². The summed E-state index contributed by atoms with van der Waals surface area (Å²) in [7, 11) is 1.30. The van der Waals surface area contributed by atoms with Crippen molar-refractivity contribution in [1.82, 2.24) is 15.6 Å². The zero-order valence-corrected chi connectivity index (χ0v) is 19.8. The number of rotatable bonds is 11. The van der Waals surface area contributed by atoms with E-state index >= 15 is 0 Å². The standard InChI is InChI=1S/C24H25N3O4S2/c1-31-24(30)20(15-32-14-17-8-4-2-5-9-17)27-23(29)19-16-33-21(26-19)12-13-25-22(28)18-10-6-3-7-11-18/h2-11,16,20H,12-15H2,1H3,(H,25,28)(H,27,29). The van der Waals surface area contributed by atoms with E-state index in [1.54, 1.807) is 17.5 Å². The second kappa shape index (κ2) is 12.8. The second-order valence-corrected chi connectivity index (χ2v) is 9.02. The Labute approximate surface area is 201 Å². The number of carbonyl (C=O) groups excluding carboxylic acids is 3. The molecule has 1 heterocycles. The van der Waals surface area contributed by atoms with Crippen LogP contribution >= 0.6 is 23.1 Å². The zero-order chi connectivity index (χ0) is 23.5. The lowest BCUT2D eigenvalue weighted by Crippen LogP contribution is -2.43. The Morgan fingerprint density at radius 3 is 2.42 bits per heavy atom. The molecule has 0 bridgehead atoms. The molecule has 3 aromatic rings. The molecule has 0 aliphatic carbocycles. The van der Waals surface area contributed by atoms with Gasteiger partial charge in [0.2, 0.25) is 0 Å². The van der Waals surface area contributed by atoms with Crippen molar-refractivity contribution in [3.05, 3.63) is 87.9 Å². The van der Waals surface area contributed by atoms with Gasteiger partial charge in [-0.1, -0.05) is 48.5 Å². The number of ether oxygens (including phenoxy) is 1. The van der Waals surface area contributed by atoms with E-state index in [-0.39, 0.29) is 11.6 Å². The van der Waals surface area contributed by atoms with Crippen LogP contribution in [-0.4, -0.2) is 48.2 Å². The Morgan fingerprint density at radius 1 is 1.03 bits per heavy atom. The fourth-order valence-electron chi connectivity index (χ4n) is 2.92. The largest absolute Gasteiger partial charge is 0.467 e. The maximum Gasteiger partial charge on any atom is 0.329 e. The molecule has 0 spiro atoms. The van der Waals surface area contributed by atoms with Crippen LogP contribution in [0.15, 0.2) is 66.0 Å². The van der Waals surface area contributed by atoms with E-state index in [4.69, 9.17) is 4.74 Å². The molecule has 2 N–H and O–H groups in total. The van der Waals surface area contributed by atoms with Crippen molar-refractivity contribution in [3.63, 3.8) is 0 Å². The number of thiazole rings is 1. The van der Waals surface area contributed by atoms with Crippen molar-refractivity contribution in [3.8, 4) is 0 Å². The summed E-state index contributed by atoms with van der Waals surface area (Å²) in [5, 5.41) is 7.93.